The molecule has 130 valence electrons. The lowest BCUT2D eigenvalue weighted by atomic mass is 10.0. The fourth-order valence-electron chi connectivity index (χ4n) is 3.52. The topological polar surface area (TPSA) is 75.3 Å². The zero-order valence-electron chi connectivity index (χ0n) is 14.1. The molecular weight excluding hydrogens is 328 g/mol. The van der Waals surface area contributed by atoms with Crippen molar-refractivity contribution < 1.29 is 14.4 Å². The van der Waals surface area contributed by atoms with Gasteiger partial charge in [0.2, 0.25) is 5.91 Å². The first-order valence-corrected chi connectivity index (χ1v) is 8.55. The number of carbonyl (C=O) groups is 3. The number of Topliss-reactive ketones (excluding diaryl/α,β-unsaturated/α-hetero) is 2. The number of amides is 1. The number of benzene rings is 2. The smallest absolute Gasteiger partial charge is 0.242 e. The predicted molar refractivity (Wildman–Crippen MR) is 96.3 cm³/mol. The SMILES string of the molecule is C=C(NNC(=O)C1CC1c1ccccc1)C1C(=O)c2ccccc2C1=O. The third-order valence-corrected chi connectivity index (χ3v) is 5.03. The van der Waals surface area contributed by atoms with Crippen LogP contribution in [0.1, 0.15) is 38.6 Å². The van der Waals surface area contributed by atoms with Gasteiger partial charge >= 0.3 is 0 Å². The number of rotatable bonds is 5. The Morgan fingerprint density at radius 1 is 0.885 bits per heavy atom. The fraction of sp³-hybridized carbons (Fsp3) is 0.190. The average Bonchev–Trinajstić information content (AvgIpc) is 3.43. The summed E-state index contributed by atoms with van der Waals surface area (Å²) in [7, 11) is 0. The second-order valence-corrected chi connectivity index (χ2v) is 6.71. The number of hydrogen-bond donors (Lipinski definition) is 2. The van der Waals surface area contributed by atoms with Crippen molar-refractivity contribution in [2.75, 3.05) is 0 Å². The highest BCUT2D eigenvalue weighted by Crippen LogP contribution is 2.47. The average molecular weight is 346 g/mol. The maximum Gasteiger partial charge on any atom is 0.242 e. The summed E-state index contributed by atoms with van der Waals surface area (Å²) < 4.78 is 0. The molecule has 2 aromatic rings. The summed E-state index contributed by atoms with van der Waals surface area (Å²) >= 11 is 0. The quantitative estimate of drug-likeness (QED) is 0.645. The highest BCUT2D eigenvalue weighted by atomic mass is 16.2. The van der Waals surface area contributed by atoms with Crippen LogP contribution in [0.3, 0.4) is 0 Å². The Hall–Kier alpha value is -3.21. The highest BCUT2D eigenvalue weighted by molar-refractivity contribution is 6.27. The monoisotopic (exact) mass is 346 g/mol. The first kappa shape index (κ1) is 16.3. The molecule has 2 aliphatic rings. The van der Waals surface area contributed by atoms with Crippen LogP contribution in [-0.4, -0.2) is 17.5 Å². The maximum atomic E-state index is 12.4. The van der Waals surface area contributed by atoms with Crippen LogP contribution < -0.4 is 10.9 Å². The van der Waals surface area contributed by atoms with Gasteiger partial charge in [-0.3, -0.25) is 19.8 Å². The summed E-state index contributed by atoms with van der Waals surface area (Å²) in [5.74, 6) is -1.61. The van der Waals surface area contributed by atoms with Crippen molar-refractivity contribution in [1.29, 1.82) is 0 Å². The molecular formula is C21H18N2O3. The molecule has 1 amide bonds. The molecule has 26 heavy (non-hydrogen) atoms. The maximum absolute atomic E-state index is 12.4. The lowest BCUT2D eigenvalue weighted by molar-refractivity contribution is -0.123. The minimum atomic E-state index is -0.989. The number of fused-ring (bicyclic) bond motifs is 1. The van der Waals surface area contributed by atoms with Crippen molar-refractivity contribution in [3.05, 3.63) is 83.6 Å². The molecule has 5 nitrogen and oxygen atoms in total. The standard InChI is InChI=1S/C21H18N2O3/c1-12(18-19(24)14-9-5-6-10-15(14)20(18)25)22-23-21(26)17-11-16(17)13-7-3-2-4-8-13/h2-10,16-18,22H,1,11H2,(H,23,26). The summed E-state index contributed by atoms with van der Waals surface area (Å²) in [5, 5.41) is 0. The lowest BCUT2D eigenvalue weighted by Crippen LogP contribution is -2.41. The fourth-order valence-corrected chi connectivity index (χ4v) is 3.52. The van der Waals surface area contributed by atoms with Crippen LogP contribution in [0.4, 0.5) is 0 Å². The zero-order valence-corrected chi connectivity index (χ0v) is 14.1. The molecule has 2 N–H and O–H groups in total. The zero-order chi connectivity index (χ0) is 18.3. The van der Waals surface area contributed by atoms with Gasteiger partial charge in [-0.1, -0.05) is 61.2 Å². The van der Waals surface area contributed by atoms with E-state index in [0.29, 0.717) is 11.1 Å². The van der Waals surface area contributed by atoms with Crippen molar-refractivity contribution in [1.82, 2.24) is 10.9 Å². The highest BCUT2D eigenvalue weighted by Gasteiger charge is 2.44. The molecule has 5 heteroatoms. The number of hydrazine groups is 1. The Bertz CT molecular complexity index is 885. The Labute approximate surface area is 151 Å². The van der Waals surface area contributed by atoms with E-state index in [1.54, 1.807) is 24.3 Å². The first-order valence-electron chi connectivity index (χ1n) is 8.55. The van der Waals surface area contributed by atoms with Crippen LogP contribution in [0.5, 0.6) is 0 Å². The molecule has 0 heterocycles. The van der Waals surface area contributed by atoms with Gasteiger partial charge in [0.25, 0.3) is 0 Å². The predicted octanol–water partition coefficient (Wildman–Crippen LogP) is 2.62. The molecule has 0 aromatic heterocycles. The van der Waals surface area contributed by atoms with E-state index >= 15 is 0 Å². The Kier molecular flexibility index (Phi) is 3.92. The van der Waals surface area contributed by atoms with Crippen LogP contribution in [0.25, 0.3) is 0 Å². The number of nitrogens with one attached hydrogen (secondary N) is 2. The first-order chi connectivity index (χ1) is 12.6. The van der Waals surface area contributed by atoms with Crippen LogP contribution in [-0.2, 0) is 4.79 Å². The summed E-state index contributed by atoms with van der Waals surface area (Å²) in [6.45, 7) is 3.78. The van der Waals surface area contributed by atoms with E-state index in [9.17, 15) is 14.4 Å². The van der Waals surface area contributed by atoms with Gasteiger partial charge in [-0.05, 0) is 17.9 Å². The third-order valence-electron chi connectivity index (χ3n) is 5.03. The van der Waals surface area contributed by atoms with Crippen molar-refractivity contribution in [3.8, 4) is 0 Å². The number of hydrogen-bond acceptors (Lipinski definition) is 4. The summed E-state index contributed by atoms with van der Waals surface area (Å²) in [5.41, 5.74) is 7.42. The molecule has 0 bridgehead atoms. The molecule has 0 saturated heterocycles. The van der Waals surface area contributed by atoms with Gasteiger partial charge < -0.3 is 5.43 Å². The van der Waals surface area contributed by atoms with Crippen molar-refractivity contribution in [3.63, 3.8) is 0 Å². The molecule has 0 spiro atoms. The van der Waals surface area contributed by atoms with Gasteiger partial charge in [0, 0.05) is 22.7 Å². The van der Waals surface area contributed by atoms with Gasteiger partial charge in [-0.2, -0.15) is 0 Å². The Morgan fingerprint density at radius 2 is 1.46 bits per heavy atom. The Balaban J connectivity index is 1.36. The minimum Gasteiger partial charge on any atom is -0.302 e. The third kappa shape index (κ3) is 2.71. The summed E-state index contributed by atoms with van der Waals surface area (Å²) in [6, 6.07) is 16.6. The molecule has 2 atom stereocenters. The largest absolute Gasteiger partial charge is 0.302 e. The van der Waals surface area contributed by atoms with Gasteiger partial charge in [-0.15, -0.1) is 0 Å². The molecule has 1 fully saturated rings. The van der Waals surface area contributed by atoms with Gasteiger partial charge in [0.1, 0.15) is 5.92 Å². The normalized spacial score (nSPS) is 21.2. The number of carbonyl (C=O) groups excluding carboxylic acids is 3. The van der Waals surface area contributed by atoms with Crippen LogP contribution in [0.2, 0.25) is 0 Å². The van der Waals surface area contributed by atoms with E-state index in [1.807, 2.05) is 30.3 Å². The van der Waals surface area contributed by atoms with Crippen LogP contribution in [0.15, 0.2) is 66.9 Å². The van der Waals surface area contributed by atoms with E-state index in [1.165, 1.54) is 0 Å². The van der Waals surface area contributed by atoms with E-state index in [4.69, 9.17) is 0 Å². The van der Waals surface area contributed by atoms with E-state index in [0.717, 1.165) is 12.0 Å². The molecule has 2 aromatic carbocycles. The van der Waals surface area contributed by atoms with Crippen molar-refractivity contribution in [2.24, 2.45) is 11.8 Å². The van der Waals surface area contributed by atoms with Gasteiger partial charge in [0.15, 0.2) is 11.6 Å². The van der Waals surface area contributed by atoms with E-state index in [-0.39, 0.29) is 35.0 Å². The molecule has 1 saturated carbocycles. The summed E-state index contributed by atoms with van der Waals surface area (Å²) in [4.78, 5) is 37.2. The van der Waals surface area contributed by atoms with E-state index in [2.05, 4.69) is 17.4 Å². The molecule has 0 aliphatic heterocycles. The van der Waals surface area contributed by atoms with Crippen LogP contribution >= 0.6 is 0 Å². The Morgan fingerprint density at radius 3 is 2.08 bits per heavy atom. The number of allylic oxidation sites excluding steroid dienone is 1. The molecule has 2 aliphatic carbocycles. The molecule has 4 rings (SSSR count). The minimum absolute atomic E-state index is 0.107. The van der Waals surface area contributed by atoms with E-state index < -0.39 is 5.92 Å². The summed E-state index contributed by atoms with van der Waals surface area (Å²) in [6.07, 6.45) is 0.788. The van der Waals surface area contributed by atoms with Gasteiger partial charge in [-0.25, -0.2) is 0 Å². The van der Waals surface area contributed by atoms with Crippen molar-refractivity contribution in [2.45, 2.75) is 12.3 Å². The molecule has 2 unspecified atom stereocenters. The second kappa shape index (κ2) is 6.26. The van der Waals surface area contributed by atoms with Crippen LogP contribution in [0, 0.1) is 11.8 Å². The molecule has 0 radical (unpaired) electrons. The van der Waals surface area contributed by atoms with Crippen molar-refractivity contribution >= 4 is 17.5 Å². The van der Waals surface area contributed by atoms with Gasteiger partial charge in [0.05, 0.1) is 0 Å². The lowest BCUT2D eigenvalue weighted by Gasteiger charge is -2.14. The second-order valence-electron chi connectivity index (χ2n) is 6.71. The number of ketones is 2.